The smallest absolute Gasteiger partial charge is 0.0110 e. The lowest BCUT2D eigenvalue weighted by Crippen LogP contribution is -1.92. The van der Waals surface area contributed by atoms with Crippen molar-refractivity contribution in [1.29, 1.82) is 0 Å². The average molecular weight is 223 g/mol. The fourth-order valence-electron chi connectivity index (χ4n) is 1.91. The van der Waals surface area contributed by atoms with Gasteiger partial charge < -0.3 is 5.73 Å². The van der Waals surface area contributed by atoms with Gasteiger partial charge in [0.05, 0.1) is 0 Å². The largest absolute Gasteiger partial charge is 0.327 e. The minimum atomic E-state index is 0.578. The van der Waals surface area contributed by atoms with Crippen molar-refractivity contribution in [2.45, 2.75) is 6.92 Å². The summed E-state index contributed by atoms with van der Waals surface area (Å²) in [5.74, 6) is 0. The summed E-state index contributed by atoms with van der Waals surface area (Å²) in [6.45, 7) is 2.71. The molecule has 0 fully saturated rings. The molecule has 2 rings (SSSR count). The van der Waals surface area contributed by atoms with Gasteiger partial charge in [-0.25, -0.2) is 0 Å². The molecule has 1 heteroatoms. The van der Waals surface area contributed by atoms with Crippen molar-refractivity contribution in [2.75, 3.05) is 6.54 Å². The first-order valence-corrected chi connectivity index (χ1v) is 5.84. The van der Waals surface area contributed by atoms with Crippen molar-refractivity contribution in [2.24, 2.45) is 5.73 Å². The minimum absolute atomic E-state index is 0.578. The molecule has 2 aromatic carbocycles. The topological polar surface area (TPSA) is 26.0 Å². The van der Waals surface area contributed by atoms with Crippen molar-refractivity contribution in [3.63, 3.8) is 0 Å². The van der Waals surface area contributed by atoms with E-state index in [2.05, 4.69) is 61.5 Å². The van der Waals surface area contributed by atoms with E-state index in [-0.39, 0.29) is 0 Å². The summed E-state index contributed by atoms with van der Waals surface area (Å²) in [4.78, 5) is 0. The zero-order valence-corrected chi connectivity index (χ0v) is 10.1. The third-order valence-corrected chi connectivity index (χ3v) is 2.79. The van der Waals surface area contributed by atoms with Gasteiger partial charge in [-0.1, -0.05) is 54.6 Å². The van der Waals surface area contributed by atoms with E-state index in [0.29, 0.717) is 6.54 Å². The van der Waals surface area contributed by atoms with Crippen LogP contribution in [0, 0.1) is 6.92 Å². The molecule has 0 saturated carbocycles. The van der Waals surface area contributed by atoms with Crippen LogP contribution in [0.3, 0.4) is 0 Å². The van der Waals surface area contributed by atoms with Gasteiger partial charge in [-0.05, 0) is 35.2 Å². The molecular weight excluding hydrogens is 206 g/mol. The van der Waals surface area contributed by atoms with E-state index in [0.717, 1.165) is 0 Å². The van der Waals surface area contributed by atoms with Gasteiger partial charge in [-0.2, -0.15) is 0 Å². The third-order valence-electron chi connectivity index (χ3n) is 2.79. The fourth-order valence-corrected chi connectivity index (χ4v) is 1.91. The van der Waals surface area contributed by atoms with Crippen LogP contribution in [0.5, 0.6) is 0 Å². The Kier molecular flexibility index (Phi) is 3.73. The Labute approximate surface area is 103 Å². The van der Waals surface area contributed by atoms with E-state index in [4.69, 9.17) is 5.73 Å². The fraction of sp³-hybridized carbons (Fsp3) is 0.125. The van der Waals surface area contributed by atoms with E-state index < -0.39 is 0 Å². The minimum Gasteiger partial charge on any atom is -0.327 e. The Morgan fingerprint density at radius 2 is 1.88 bits per heavy atom. The number of hydrogen-bond donors (Lipinski definition) is 1. The maximum atomic E-state index is 5.46. The second kappa shape index (κ2) is 5.46. The van der Waals surface area contributed by atoms with Gasteiger partial charge in [-0.15, -0.1) is 0 Å². The molecule has 1 nitrogen and oxygen atoms in total. The Morgan fingerprint density at radius 1 is 1.06 bits per heavy atom. The summed E-state index contributed by atoms with van der Waals surface area (Å²) in [6, 6.07) is 16.9. The number of aryl methyl sites for hydroxylation is 1. The number of hydrogen-bond acceptors (Lipinski definition) is 1. The van der Waals surface area contributed by atoms with Crippen molar-refractivity contribution >= 4 is 6.08 Å². The van der Waals surface area contributed by atoms with Crippen LogP contribution in [-0.4, -0.2) is 6.54 Å². The molecule has 0 amide bonds. The van der Waals surface area contributed by atoms with E-state index in [1.807, 2.05) is 6.08 Å². The van der Waals surface area contributed by atoms with Crippen LogP contribution < -0.4 is 5.73 Å². The molecule has 0 spiro atoms. The van der Waals surface area contributed by atoms with Crippen LogP contribution in [-0.2, 0) is 0 Å². The molecular formula is C16H17N. The maximum Gasteiger partial charge on any atom is 0.0110 e. The second-order valence-corrected chi connectivity index (χ2v) is 4.08. The average Bonchev–Trinajstić information content (AvgIpc) is 2.37. The molecule has 0 radical (unpaired) electrons. The van der Waals surface area contributed by atoms with Crippen molar-refractivity contribution < 1.29 is 0 Å². The Bertz CT molecular complexity index is 527. The SMILES string of the molecule is Cc1ccccc1-c1cccc(/C=C/CN)c1. The number of nitrogens with two attached hydrogens (primary N) is 1. The van der Waals surface area contributed by atoms with Crippen LogP contribution in [0.4, 0.5) is 0 Å². The molecule has 0 aromatic heterocycles. The highest BCUT2D eigenvalue weighted by Gasteiger charge is 2.00. The monoisotopic (exact) mass is 223 g/mol. The predicted octanol–water partition coefficient (Wildman–Crippen LogP) is 3.63. The maximum absolute atomic E-state index is 5.46. The zero-order valence-electron chi connectivity index (χ0n) is 10.1. The normalized spacial score (nSPS) is 10.9. The van der Waals surface area contributed by atoms with Gasteiger partial charge in [0.25, 0.3) is 0 Å². The molecule has 0 unspecified atom stereocenters. The highest BCUT2D eigenvalue weighted by molar-refractivity contribution is 5.70. The predicted molar refractivity (Wildman–Crippen MR) is 74.7 cm³/mol. The molecule has 0 aliphatic carbocycles. The lowest BCUT2D eigenvalue weighted by atomic mass is 9.99. The first-order valence-electron chi connectivity index (χ1n) is 5.84. The number of benzene rings is 2. The van der Waals surface area contributed by atoms with Gasteiger partial charge >= 0.3 is 0 Å². The molecule has 2 aromatic rings. The summed E-state index contributed by atoms with van der Waals surface area (Å²) in [5.41, 5.74) is 10.5. The molecule has 0 atom stereocenters. The molecule has 2 N–H and O–H groups in total. The van der Waals surface area contributed by atoms with Crippen LogP contribution in [0.2, 0.25) is 0 Å². The summed E-state index contributed by atoms with van der Waals surface area (Å²) in [7, 11) is 0. The standard InChI is InChI=1S/C16H17N/c1-13-6-2-3-10-16(13)15-9-4-7-14(12-15)8-5-11-17/h2-10,12H,11,17H2,1H3/b8-5+. The molecule has 0 saturated heterocycles. The van der Waals surface area contributed by atoms with Crippen LogP contribution in [0.15, 0.2) is 54.6 Å². The quantitative estimate of drug-likeness (QED) is 0.844. The second-order valence-electron chi connectivity index (χ2n) is 4.08. The first-order chi connectivity index (χ1) is 8.31. The van der Waals surface area contributed by atoms with Gasteiger partial charge in [0.2, 0.25) is 0 Å². The number of rotatable bonds is 3. The molecule has 17 heavy (non-hydrogen) atoms. The van der Waals surface area contributed by atoms with Gasteiger partial charge in [0.15, 0.2) is 0 Å². The lowest BCUT2D eigenvalue weighted by molar-refractivity contribution is 1.26. The van der Waals surface area contributed by atoms with E-state index in [1.165, 1.54) is 22.3 Å². The Balaban J connectivity index is 2.40. The van der Waals surface area contributed by atoms with Crippen molar-refractivity contribution in [3.05, 3.63) is 65.7 Å². The lowest BCUT2D eigenvalue weighted by Gasteiger charge is -2.06. The van der Waals surface area contributed by atoms with Gasteiger partial charge in [0.1, 0.15) is 0 Å². The summed E-state index contributed by atoms with van der Waals surface area (Å²) < 4.78 is 0. The zero-order chi connectivity index (χ0) is 12.1. The highest BCUT2D eigenvalue weighted by Crippen LogP contribution is 2.24. The van der Waals surface area contributed by atoms with Crippen LogP contribution >= 0.6 is 0 Å². The van der Waals surface area contributed by atoms with Gasteiger partial charge in [0, 0.05) is 6.54 Å². The first kappa shape index (κ1) is 11.6. The Morgan fingerprint density at radius 3 is 2.65 bits per heavy atom. The van der Waals surface area contributed by atoms with Gasteiger partial charge in [-0.3, -0.25) is 0 Å². The van der Waals surface area contributed by atoms with Crippen molar-refractivity contribution in [1.82, 2.24) is 0 Å². The summed E-state index contributed by atoms with van der Waals surface area (Å²) in [5, 5.41) is 0. The molecule has 0 bridgehead atoms. The van der Waals surface area contributed by atoms with Crippen LogP contribution in [0.25, 0.3) is 17.2 Å². The molecule has 0 heterocycles. The van der Waals surface area contributed by atoms with Crippen LogP contribution in [0.1, 0.15) is 11.1 Å². The highest BCUT2D eigenvalue weighted by atomic mass is 14.5. The van der Waals surface area contributed by atoms with E-state index >= 15 is 0 Å². The van der Waals surface area contributed by atoms with E-state index in [9.17, 15) is 0 Å². The summed E-state index contributed by atoms with van der Waals surface area (Å²) >= 11 is 0. The van der Waals surface area contributed by atoms with E-state index in [1.54, 1.807) is 0 Å². The molecule has 0 aliphatic heterocycles. The molecule has 86 valence electrons. The summed E-state index contributed by atoms with van der Waals surface area (Å²) in [6.07, 6.45) is 4.03. The third kappa shape index (κ3) is 2.83. The van der Waals surface area contributed by atoms with Crippen molar-refractivity contribution in [3.8, 4) is 11.1 Å². The molecule has 0 aliphatic rings. The Hall–Kier alpha value is -1.86.